The van der Waals surface area contributed by atoms with Crippen LogP contribution < -0.4 is 0 Å². The normalized spacial score (nSPS) is 10.5. The Morgan fingerprint density at radius 2 is 2.07 bits per heavy atom. The highest BCUT2D eigenvalue weighted by Gasteiger charge is 2.07. The van der Waals surface area contributed by atoms with Crippen molar-refractivity contribution in [3.63, 3.8) is 0 Å². The highest BCUT2D eigenvalue weighted by atomic mass is 16.5. The maximum absolute atomic E-state index is 5.26. The van der Waals surface area contributed by atoms with Crippen LogP contribution in [0.25, 0.3) is 11.4 Å². The highest BCUT2D eigenvalue weighted by molar-refractivity contribution is 5.53. The van der Waals surface area contributed by atoms with Crippen LogP contribution in [0.4, 0.5) is 0 Å². The largest absolute Gasteiger partial charge is 0.359 e. The van der Waals surface area contributed by atoms with Crippen molar-refractivity contribution in [3.8, 4) is 11.4 Å². The van der Waals surface area contributed by atoms with Gasteiger partial charge in [-0.1, -0.05) is 30.3 Å². The van der Waals surface area contributed by atoms with Crippen LogP contribution in [0.3, 0.4) is 0 Å². The van der Waals surface area contributed by atoms with Gasteiger partial charge in [0.1, 0.15) is 6.73 Å². The third-order valence-corrected chi connectivity index (χ3v) is 1.98. The average Bonchev–Trinajstić information content (AvgIpc) is 2.75. The molecule has 0 bridgehead atoms. The first kappa shape index (κ1) is 9.79. The van der Waals surface area contributed by atoms with Crippen molar-refractivity contribution in [1.82, 2.24) is 20.2 Å². The molecule has 1 heterocycles. The van der Waals surface area contributed by atoms with E-state index in [4.69, 9.17) is 4.74 Å². The van der Waals surface area contributed by atoms with Gasteiger partial charge >= 0.3 is 0 Å². The molecule has 0 aliphatic carbocycles. The average molecular weight is 204 g/mol. The molecule has 0 unspecified atom stereocenters. The van der Waals surface area contributed by atoms with Gasteiger partial charge in [0.2, 0.25) is 0 Å². The number of benzene rings is 1. The smallest absolute Gasteiger partial charge is 0.184 e. The monoisotopic (exact) mass is 204 g/mol. The highest BCUT2D eigenvalue weighted by Crippen LogP contribution is 2.14. The van der Waals surface area contributed by atoms with Gasteiger partial charge in [-0.25, -0.2) is 0 Å². The number of aromatic nitrogens is 4. The van der Waals surface area contributed by atoms with Crippen molar-refractivity contribution in [1.29, 1.82) is 0 Å². The summed E-state index contributed by atoms with van der Waals surface area (Å²) >= 11 is 0. The molecule has 0 saturated carbocycles. The molecule has 0 spiro atoms. The van der Waals surface area contributed by atoms with Crippen LogP contribution in [-0.2, 0) is 11.5 Å². The van der Waals surface area contributed by atoms with Crippen molar-refractivity contribution in [2.75, 3.05) is 6.61 Å². The molecule has 2 rings (SSSR count). The van der Waals surface area contributed by atoms with Gasteiger partial charge < -0.3 is 4.74 Å². The lowest BCUT2D eigenvalue weighted by atomic mass is 10.2. The van der Waals surface area contributed by atoms with Crippen molar-refractivity contribution in [2.45, 2.75) is 13.7 Å². The van der Waals surface area contributed by atoms with E-state index in [1.165, 1.54) is 0 Å². The van der Waals surface area contributed by atoms with Crippen LogP contribution in [0.1, 0.15) is 6.92 Å². The molecule has 5 heteroatoms. The first-order valence-corrected chi connectivity index (χ1v) is 4.81. The van der Waals surface area contributed by atoms with Crippen molar-refractivity contribution >= 4 is 0 Å². The molecule has 15 heavy (non-hydrogen) atoms. The van der Waals surface area contributed by atoms with Crippen LogP contribution >= 0.6 is 0 Å². The summed E-state index contributed by atoms with van der Waals surface area (Å²) in [4.78, 5) is 0. The lowest BCUT2D eigenvalue weighted by molar-refractivity contribution is 0.0790. The van der Waals surface area contributed by atoms with Gasteiger partial charge in [0.05, 0.1) is 0 Å². The third-order valence-electron chi connectivity index (χ3n) is 1.98. The van der Waals surface area contributed by atoms with Crippen LogP contribution in [0, 0.1) is 0 Å². The molecule has 5 nitrogen and oxygen atoms in total. The summed E-state index contributed by atoms with van der Waals surface area (Å²) in [6, 6.07) is 9.80. The number of hydrogen-bond acceptors (Lipinski definition) is 4. The van der Waals surface area contributed by atoms with E-state index < -0.39 is 0 Å². The molecule has 1 aromatic heterocycles. The number of ether oxygens (including phenoxy) is 1. The van der Waals surface area contributed by atoms with E-state index in [1.54, 1.807) is 4.68 Å². The molecule has 0 N–H and O–H groups in total. The molecule has 78 valence electrons. The fourth-order valence-electron chi connectivity index (χ4n) is 1.26. The fourth-order valence-corrected chi connectivity index (χ4v) is 1.26. The van der Waals surface area contributed by atoms with Gasteiger partial charge in [0.15, 0.2) is 5.82 Å². The second kappa shape index (κ2) is 4.65. The van der Waals surface area contributed by atoms with Gasteiger partial charge in [0, 0.05) is 12.2 Å². The third kappa shape index (κ3) is 2.19. The van der Waals surface area contributed by atoms with Crippen LogP contribution in [-0.4, -0.2) is 26.8 Å². The summed E-state index contributed by atoms with van der Waals surface area (Å²) < 4.78 is 6.90. The van der Waals surface area contributed by atoms with Gasteiger partial charge in [-0.3, -0.25) is 0 Å². The Kier molecular flexibility index (Phi) is 3.04. The summed E-state index contributed by atoms with van der Waals surface area (Å²) in [5, 5.41) is 11.5. The molecule has 0 aliphatic heterocycles. The van der Waals surface area contributed by atoms with E-state index in [1.807, 2.05) is 37.3 Å². The van der Waals surface area contributed by atoms with Gasteiger partial charge in [0.25, 0.3) is 0 Å². The quantitative estimate of drug-likeness (QED) is 0.754. The Balaban J connectivity index is 2.25. The maximum Gasteiger partial charge on any atom is 0.184 e. The second-order valence-corrected chi connectivity index (χ2v) is 2.99. The Labute approximate surface area is 87.7 Å². The zero-order valence-electron chi connectivity index (χ0n) is 8.50. The molecular formula is C10H12N4O. The van der Waals surface area contributed by atoms with Crippen molar-refractivity contribution in [2.24, 2.45) is 0 Å². The Morgan fingerprint density at radius 1 is 1.27 bits per heavy atom. The van der Waals surface area contributed by atoms with Crippen LogP contribution in [0.5, 0.6) is 0 Å². The van der Waals surface area contributed by atoms with E-state index in [-0.39, 0.29) is 0 Å². The zero-order valence-corrected chi connectivity index (χ0v) is 8.50. The number of nitrogens with zero attached hydrogens (tertiary/aromatic N) is 4. The van der Waals surface area contributed by atoms with E-state index in [0.29, 0.717) is 13.3 Å². The molecule has 0 fully saturated rings. The van der Waals surface area contributed by atoms with E-state index in [0.717, 1.165) is 11.4 Å². The topological polar surface area (TPSA) is 52.8 Å². The molecule has 0 aliphatic rings. The van der Waals surface area contributed by atoms with Gasteiger partial charge in [-0.05, 0) is 17.4 Å². The van der Waals surface area contributed by atoms with Crippen molar-refractivity contribution in [3.05, 3.63) is 30.3 Å². The minimum absolute atomic E-state index is 0.383. The van der Waals surface area contributed by atoms with Gasteiger partial charge in [-0.15, -0.1) is 5.10 Å². The summed E-state index contributed by atoms with van der Waals surface area (Å²) in [6.45, 7) is 2.97. The van der Waals surface area contributed by atoms with E-state index in [2.05, 4.69) is 15.5 Å². The number of tetrazole rings is 1. The zero-order chi connectivity index (χ0) is 10.5. The Morgan fingerprint density at radius 3 is 2.80 bits per heavy atom. The molecule has 0 amide bonds. The first-order valence-electron chi connectivity index (χ1n) is 4.81. The van der Waals surface area contributed by atoms with Gasteiger partial charge in [-0.2, -0.15) is 4.68 Å². The number of rotatable bonds is 4. The predicted octanol–water partition coefficient (Wildman–Crippen LogP) is 1.33. The first-order chi connectivity index (χ1) is 7.42. The molecule has 1 aromatic carbocycles. The minimum Gasteiger partial charge on any atom is -0.359 e. The van der Waals surface area contributed by atoms with E-state index in [9.17, 15) is 0 Å². The summed E-state index contributed by atoms with van der Waals surface area (Å²) in [6.07, 6.45) is 0. The second-order valence-electron chi connectivity index (χ2n) is 2.99. The maximum atomic E-state index is 5.26. The van der Waals surface area contributed by atoms with Crippen molar-refractivity contribution < 1.29 is 4.74 Å². The van der Waals surface area contributed by atoms with E-state index >= 15 is 0 Å². The van der Waals surface area contributed by atoms with Crippen LogP contribution in [0.2, 0.25) is 0 Å². The van der Waals surface area contributed by atoms with Crippen LogP contribution in [0.15, 0.2) is 30.3 Å². The molecular weight excluding hydrogens is 192 g/mol. The summed E-state index contributed by atoms with van der Waals surface area (Å²) in [7, 11) is 0. The summed E-state index contributed by atoms with van der Waals surface area (Å²) in [5.74, 6) is 0.726. The standard InChI is InChI=1S/C10H12N4O/c1-2-15-8-14-10(11-12-13-14)9-6-4-3-5-7-9/h3-7H,2,8H2,1H3. The number of hydrogen-bond donors (Lipinski definition) is 0. The Hall–Kier alpha value is -1.75. The SMILES string of the molecule is CCOCn1nnnc1-c1ccccc1. The molecule has 2 aromatic rings. The lowest BCUT2D eigenvalue weighted by Crippen LogP contribution is -2.06. The predicted molar refractivity (Wildman–Crippen MR) is 54.9 cm³/mol. The molecule has 0 atom stereocenters. The minimum atomic E-state index is 0.383. The fraction of sp³-hybridized carbons (Fsp3) is 0.300. The summed E-state index contributed by atoms with van der Waals surface area (Å²) in [5.41, 5.74) is 0.988. The lowest BCUT2D eigenvalue weighted by Gasteiger charge is -2.03. The molecule has 0 saturated heterocycles. The molecule has 0 radical (unpaired) electrons. The Bertz CT molecular complexity index is 412.